The fourth-order valence-electron chi connectivity index (χ4n) is 3.44. The number of nitrogens with zero attached hydrogens (tertiary/aromatic N) is 2. The Morgan fingerprint density at radius 3 is 2.59 bits per heavy atom. The van der Waals surface area contributed by atoms with Gasteiger partial charge in [0.1, 0.15) is 5.82 Å². The number of hydrogen-bond acceptors (Lipinski definition) is 6. The van der Waals surface area contributed by atoms with Crippen molar-refractivity contribution in [1.82, 2.24) is 10.3 Å². The lowest BCUT2D eigenvalue weighted by atomic mass is 10.2. The molecule has 8 heteroatoms. The maximum atomic E-state index is 12.4. The van der Waals surface area contributed by atoms with Crippen LogP contribution in [0.15, 0.2) is 30.5 Å². The predicted octanol–water partition coefficient (Wildman–Crippen LogP) is 3.04. The van der Waals surface area contributed by atoms with E-state index in [1.54, 1.807) is 18.3 Å². The molecule has 2 aromatic rings. The first-order valence-corrected chi connectivity index (χ1v) is 10.8. The Morgan fingerprint density at radius 2 is 1.93 bits per heavy atom. The van der Waals surface area contributed by atoms with Gasteiger partial charge in [0, 0.05) is 31.7 Å². The molecule has 1 saturated heterocycles. The van der Waals surface area contributed by atoms with Gasteiger partial charge in [0.05, 0.1) is 22.1 Å². The minimum Gasteiger partial charge on any atom is -0.372 e. The molecule has 2 atom stereocenters. The highest BCUT2D eigenvalue weighted by Gasteiger charge is 2.30. The summed E-state index contributed by atoms with van der Waals surface area (Å²) in [6.45, 7) is 6.19. The van der Waals surface area contributed by atoms with Crippen molar-refractivity contribution in [2.24, 2.45) is 5.92 Å². The maximum Gasteiger partial charge on any atom is 0.261 e. The van der Waals surface area contributed by atoms with E-state index in [1.807, 2.05) is 12.1 Å². The number of pyridine rings is 1. The first-order chi connectivity index (χ1) is 14.0. The molecule has 1 aliphatic carbocycles. The summed E-state index contributed by atoms with van der Waals surface area (Å²) >= 11 is 1.29. The van der Waals surface area contributed by atoms with Crippen LogP contribution in [0.3, 0.4) is 0 Å². The summed E-state index contributed by atoms with van der Waals surface area (Å²) in [4.78, 5) is 31.6. The summed E-state index contributed by atoms with van der Waals surface area (Å²) in [6, 6.07) is 7.50. The van der Waals surface area contributed by atoms with E-state index < -0.39 is 0 Å². The summed E-state index contributed by atoms with van der Waals surface area (Å²) < 4.78 is 5.77. The van der Waals surface area contributed by atoms with Gasteiger partial charge in [0.2, 0.25) is 5.91 Å². The van der Waals surface area contributed by atoms with Crippen molar-refractivity contribution in [2.45, 2.75) is 45.4 Å². The summed E-state index contributed by atoms with van der Waals surface area (Å²) in [7, 11) is 0. The van der Waals surface area contributed by atoms with Crippen LogP contribution >= 0.6 is 11.3 Å². The molecule has 4 rings (SSSR count). The van der Waals surface area contributed by atoms with Crippen molar-refractivity contribution in [3.05, 3.63) is 40.9 Å². The van der Waals surface area contributed by atoms with Crippen LogP contribution in [0.4, 0.5) is 10.8 Å². The minimum absolute atomic E-state index is 0.0500. The van der Waals surface area contributed by atoms with E-state index in [2.05, 4.69) is 34.4 Å². The molecule has 1 saturated carbocycles. The molecule has 2 aromatic heterocycles. The molecule has 2 N–H and O–H groups in total. The lowest BCUT2D eigenvalue weighted by molar-refractivity contribution is -0.117. The topological polar surface area (TPSA) is 83.6 Å². The maximum absolute atomic E-state index is 12.4. The highest BCUT2D eigenvalue weighted by atomic mass is 32.1. The van der Waals surface area contributed by atoms with Crippen LogP contribution in [0.25, 0.3) is 0 Å². The number of ether oxygens (including phenoxy) is 1. The highest BCUT2D eigenvalue weighted by Crippen LogP contribution is 2.31. The molecule has 2 fully saturated rings. The second kappa shape index (κ2) is 8.51. The molecule has 0 aromatic carbocycles. The van der Waals surface area contributed by atoms with Crippen LogP contribution in [0, 0.1) is 5.92 Å². The first kappa shape index (κ1) is 19.8. The second-order valence-electron chi connectivity index (χ2n) is 7.80. The number of aromatic nitrogens is 1. The first-order valence-electron chi connectivity index (χ1n) is 10.0. The normalized spacial score (nSPS) is 21.7. The lowest BCUT2D eigenvalue weighted by Gasteiger charge is -2.36. The predicted molar refractivity (Wildman–Crippen MR) is 113 cm³/mol. The second-order valence-corrected chi connectivity index (χ2v) is 8.88. The van der Waals surface area contributed by atoms with Crippen molar-refractivity contribution in [1.29, 1.82) is 0 Å². The third kappa shape index (κ3) is 5.13. The molecule has 2 unspecified atom stereocenters. The third-order valence-corrected chi connectivity index (χ3v) is 6.03. The zero-order valence-corrected chi connectivity index (χ0v) is 17.5. The van der Waals surface area contributed by atoms with Gasteiger partial charge < -0.3 is 20.3 Å². The van der Waals surface area contributed by atoms with E-state index in [0.717, 1.165) is 37.3 Å². The number of carbonyl (C=O) groups is 2. The van der Waals surface area contributed by atoms with Crippen molar-refractivity contribution >= 4 is 34.0 Å². The fraction of sp³-hybridized carbons (Fsp3) is 0.476. The summed E-state index contributed by atoms with van der Waals surface area (Å²) in [5.41, 5.74) is 0.940. The number of nitrogens with one attached hydrogen (secondary N) is 2. The van der Waals surface area contributed by atoms with Crippen molar-refractivity contribution in [3.63, 3.8) is 0 Å². The Labute approximate surface area is 174 Å². The molecular formula is C21H26N4O3S. The Bertz CT molecular complexity index is 868. The Kier molecular flexibility index (Phi) is 5.82. The molecule has 7 nitrogen and oxygen atoms in total. The quantitative estimate of drug-likeness (QED) is 0.759. The molecule has 0 spiro atoms. The smallest absolute Gasteiger partial charge is 0.261 e. The number of anilines is 2. The summed E-state index contributed by atoms with van der Waals surface area (Å²) in [5.74, 6) is 0.973. The molecule has 2 aliphatic rings. The summed E-state index contributed by atoms with van der Waals surface area (Å²) in [5, 5.41) is 6.50. The van der Waals surface area contributed by atoms with Gasteiger partial charge in [-0.25, -0.2) is 4.98 Å². The van der Waals surface area contributed by atoms with Crippen LogP contribution in [0.5, 0.6) is 0 Å². The molecule has 2 amide bonds. The van der Waals surface area contributed by atoms with Gasteiger partial charge in [0.15, 0.2) is 0 Å². The molecule has 1 aliphatic heterocycles. The number of thiophene rings is 1. The van der Waals surface area contributed by atoms with E-state index in [0.29, 0.717) is 16.4 Å². The van der Waals surface area contributed by atoms with Crippen LogP contribution < -0.4 is 15.5 Å². The Morgan fingerprint density at radius 1 is 1.17 bits per heavy atom. The van der Waals surface area contributed by atoms with Crippen molar-refractivity contribution in [2.75, 3.05) is 23.3 Å². The van der Waals surface area contributed by atoms with Gasteiger partial charge in [0.25, 0.3) is 5.91 Å². The van der Waals surface area contributed by atoms with E-state index in [9.17, 15) is 9.59 Å². The van der Waals surface area contributed by atoms with Crippen LogP contribution in [-0.4, -0.2) is 42.1 Å². The molecule has 3 heterocycles. The van der Waals surface area contributed by atoms with Gasteiger partial charge in [-0.2, -0.15) is 0 Å². The molecule has 29 heavy (non-hydrogen) atoms. The number of morpholine rings is 1. The number of carbonyl (C=O) groups excluding carboxylic acids is 2. The number of amides is 2. The van der Waals surface area contributed by atoms with Crippen LogP contribution in [0.2, 0.25) is 0 Å². The van der Waals surface area contributed by atoms with E-state index in [1.165, 1.54) is 11.3 Å². The van der Waals surface area contributed by atoms with Gasteiger partial charge in [-0.1, -0.05) is 6.07 Å². The average molecular weight is 415 g/mol. The van der Waals surface area contributed by atoms with Crippen LogP contribution in [0.1, 0.15) is 41.9 Å². The number of hydrogen-bond donors (Lipinski definition) is 2. The molecule has 0 bridgehead atoms. The van der Waals surface area contributed by atoms with Crippen molar-refractivity contribution < 1.29 is 14.3 Å². The van der Waals surface area contributed by atoms with Crippen LogP contribution in [-0.2, 0) is 16.1 Å². The average Bonchev–Trinajstić information content (AvgIpc) is 3.45. The number of rotatable bonds is 6. The monoisotopic (exact) mass is 414 g/mol. The Hall–Kier alpha value is -2.45. The zero-order valence-electron chi connectivity index (χ0n) is 16.7. The standard InChI is InChI=1S/C21H26N4O3S/c1-13-11-25(12-14(2)28-13)18-7-3-15(9-22-18)10-23-21(27)17-6-8-19(29-17)24-20(26)16-4-5-16/h3,6-9,13-14,16H,4-5,10-12H2,1-2H3,(H,23,27)(H,24,26). The third-order valence-electron chi connectivity index (χ3n) is 5.03. The van der Waals surface area contributed by atoms with E-state index in [-0.39, 0.29) is 29.9 Å². The van der Waals surface area contributed by atoms with E-state index >= 15 is 0 Å². The zero-order chi connectivity index (χ0) is 20.4. The largest absolute Gasteiger partial charge is 0.372 e. The minimum atomic E-state index is -0.151. The van der Waals surface area contributed by atoms with Crippen molar-refractivity contribution in [3.8, 4) is 0 Å². The fourth-order valence-corrected chi connectivity index (χ4v) is 4.26. The van der Waals surface area contributed by atoms with Gasteiger partial charge in [-0.15, -0.1) is 11.3 Å². The lowest BCUT2D eigenvalue weighted by Crippen LogP contribution is -2.45. The van der Waals surface area contributed by atoms with Gasteiger partial charge >= 0.3 is 0 Å². The molecule has 154 valence electrons. The van der Waals surface area contributed by atoms with Gasteiger partial charge in [-0.3, -0.25) is 9.59 Å². The molecule has 0 radical (unpaired) electrons. The summed E-state index contributed by atoms with van der Waals surface area (Å²) in [6.07, 6.45) is 4.09. The Balaban J connectivity index is 1.29. The highest BCUT2D eigenvalue weighted by molar-refractivity contribution is 7.18. The van der Waals surface area contributed by atoms with Gasteiger partial charge in [-0.05, 0) is 50.5 Å². The van der Waals surface area contributed by atoms with E-state index in [4.69, 9.17) is 4.74 Å². The molecular weight excluding hydrogens is 388 g/mol. The SMILES string of the molecule is CC1CN(c2ccc(CNC(=O)c3ccc(NC(=O)C4CC4)s3)cn2)CC(C)O1.